The van der Waals surface area contributed by atoms with Crippen LogP contribution < -0.4 is 0 Å². The molecule has 0 radical (unpaired) electrons. The zero-order valence-corrected chi connectivity index (χ0v) is 11.9. The molecule has 0 atom stereocenters. The molecule has 0 spiro atoms. The molecule has 0 bridgehead atoms. The maximum atomic E-state index is 12.4. The molecule has 0 aliphatic heterocycles. The summed E-state index contributed by atoms with van der Waals surface area (Å²) in [4.78, 5) is 18.1. The van der Waals surface area contributed by atoms with Gasteiger partial charge < -0.3 is 10.0 Å². The fourth-order valence-electron chi connectivity index (χ4n) is 1.89. The lowest BCUT2D eigenvalue weighted by atomic mass is 10.1. The topological polar surface area (TPSA) is 71.2 Å². The highest BCUT2D eigenvalue weighted by Crippen LogP contribution is 2.09. The normalized spacial score (nSPS) is 9.86. The number of aryl methyl sites for hydroxylation is 1. The van der Waals surface area contributed by atoms with Crippen molar-refractivity contribution < 1.29 is 9.90 Å². The Morgan fingerprint density at radius 2 is 2.33 bits per heavy atom. The van der Waals surface area contributed by atoms with E-state index in [0.717, 1.165) is 5.56 Å². The third-order valence-corrected chi connectivity index (χ3v) is 2.84. The number of hydrogen-bond donors (Lipinski definition) is 1. The minimum atomic E-state index is -0.256. The molecule has 2 heterocycles. The Balaban J connectivity index is 2.19. The lowest BCUT2D eigenvalue weighted by Gasteiger charge is -2.16. The standard InChI is InChI=1S/C15H16N4O2/c1-18(10-12-9-17-19(2)11-12)15(21)14-13(6-4-8-20)5-3-7-16-14/h3,5,7,9,11,20H,8,10H2,1-2H3. The highest BCUT2D eigenvalue weighted by Gasteiger charge is 2.17. The lowest BCUT2D eigenvalue weighted by molar-refractivity contribution is 0.0779. The van der Waals surface area contributed by atoms with Crippen molar-refractivity contribution in [2.24, 2.45) is 7.05 Å². The summed E-state index contributed by atoms with van der Waals surface area (Å²) < 4.78 is 1.69. The first-order chi connectivity index (χ1) is 10.1. The van der Waals surface area contributed by atoms with Crippen molar-refractivity contribution in [3.8, 4) is 11.8 Å². The number of hydrogen-bond acceptors (Lipinski definition) is 4. The minimum Gasteiger partial charge on any atom is -0.384 e. The first-order valence-electron chi connectivity index (χ1n) is 6.39. The highest BCUT2D eigenvalue weighted by molar-refractivity contribution is 5.94. The van der Waals surface area contributed by atoms with E-state index in [2.05, 4.69) is 21.9 Å². The molecule has 2 aromatic rings. The molecule has 1 N–H and O–H groups in total. The molecule has 21 heavy (non-hydrogen) atoms. The summed E-state index contributed by atoms with van der Waals surface area (Å²) in [6.45, 7) is 0.185. The van der Waals surface area contributed by atoms with Crippen LogP contribution in [-0.2, 0) is 13.6 Å². The van der Waals surface area contributed by atoms with Crippen molar-refractivity contribution in [1.29, 1.82) is 0 Å². The van der Waals surface area contributed by atoms with Gasteiger partial charge >= 0.3 is 0 Å². The van der Waals surface area contributed by atoms with Gasteiger partial charge in [-0.05, 0) is 12.1 Å². The average molecular weight is 284 g/mol. The van der Waals surface area contributed by atoms with Crippen LogP contribution >= 0.6 is 0 Å². The number of carbonyl (C=O) groups excluding carboxylic acids is 1. The van der Waals surface area contributed by atoms with Crippen LogP contribution in [0.3, 0.4) is 0 Å². The van der Waals surface area contributed by atoms with Crippen LogP contribution in [0.2, 0.25) is 0 Å². The fraction of sp³-hybridized carbons (Fsp3) is 0.267. The van der Waals surface area contributed by atoms with Crippen LogP contribution in [0, 0.1) is 11.8 Å². The van der Waals surface area contributed by atoms with Gasteiger partial charge in [-0.25, -0.2) is 4.98 Å². The SMILES string of the molecule is CN(Cc1cnn(C)c1)C(=O)c1ncccc1C#CCO. The van der Waals surface area contributed by atoms with Crippen LogP contribution in [0.25, 0.3) is 0 Å². The monoisotopic (exact) mass is 284 g/mol. The van der Waals surface area contributed by atoms with Gasteiger partial charge in [0.05, 0.1) is 11.8 Å². The highest BCUT2D eigenvalue weighted by atomic mass is 16.2. The molecule has 0 aliphatic carbocycles. The Bertz CT molecular complexity index is 697. The van der Waals surface area contributed by atoms with Crippen LogP contribution in [-0.4, -0.2) is 44.3 Å². The second-order valence-corrected chi connectivity index (χ2v) is 4.54. The largest absolute Gasteiger partial charge is 0.384 e. The molecule has 0 aromatic carbocycles. The van der Waals surface area contributed by atoms with Crippen molar-refractivity contribution in [1.82, 2.24) is 19.7 Å². The van der Waals surface area contributed by atoms with Gasteiger partial charge in [0.25, 0.3) is 5.91 Å². The molecule has 6 nitrogen and oxygen atoms in total. The predicted octanol–water partition coefficient (Wildman–Crippen LogP) is 0.431. The van der Waals surface area contributed by atoms with Crippen molar-refractivity contribution in [2.75, 3.05) is 13.7 Å². The molecule has 2 rings (SSSR count). The van der Waals surface area contributed by atoms with Crippen LogP contribution in [0.5, 0.6) is 0 Å². The molecule has 0 fully saturated rings. The van der Waals surface area contributed by atoms with E-state index < -0.39 is 0 Å². The van der Waals surface area contributed by atoms with Crippen molar-refractivity contribution in [3.05, 3.63) is 47.5 Å². The Hall–Kier alpha value is -2.65. The summed E-state index contributed by atoms with van der Waals surface area (Å²) in [5, 5.41) is 12.8. The van der Waals surface area contributed by atoms with E-state index in [-0.39, 0.29) is 18.2 Å². The van der Waals surface area contributed by atoms with Gasteiger partial charge in [0.1, 0.15) is 12.3 Å². The molecule has 108 valence electrons. The van der Waals surface area contributed by atoms with Crippen LogP contribution in [0.4, 0.5) is 0 Å². The molecule has 1 amide bonds. The third-order valence-electron chi connectivity index (χ3n) is 2.84. The maximum Gasteiger partial charge on any atom is 0.273 e. The molecule has 6 heteroatoms. The third kappa shape index (κ3) is 3.68. The number of aromatic nitrogens is 3. The first-order valence-corrected chi connectivity index (χ1v) is 6.39. The second kappa shape index (κ2) is 6.68. The van der Waals surface area contributed by atoms with E-state index in [0.29, 0.717) is 12.1 Å². The number of aliphatic hydroxyl groups is 1. The van der Waals surface area contributed by atoms with Crippen LogP contribution in [0.15, 0.2) is 30.7 Å². The van der Waals surface area contributed by atoms with Gasteiger partial charge in [0, 0.05) is 38.6 Å². The number of nitrogens with zero attached hydrogens (tertiary/aromatic N) is 4. The zero-order chi connectivity index (χ0) is 15.2. The molecule has 0 aliphatic rings. The average Bonchev–Trinajstić information content (AvgIpc) is 2.89. The molecule has 0 unspecified atom stereocenters. The molecular weight excluding hydrogens is 268 g/mol. The van der Waals surface area contributed by atoms with Gasteiger partial charge in [0.2, 0.25) is 0 Å². The van der Waals surface area contributed by atoms with Crippen molar-refractivity contribution in [3.63, 3.8) is 0 Å². The molecule has 2 aromatic heterocycles. The van der Waals surface area contributed by atoms with Crippen molar-refractivity contribution in [2.45, 2.75) is 6.54 Å². The van der Waals surface area contributed by atoms with E-state index in [1.807, 2.05) is 13.2 Å². The molecule has 0 saturated heterocycles. The number of rotatable bonds is 3. The molecular formula is C15H16N4O2. The Morgan fingerprint density at radius 1 is 1.52 bits per heavy atom. The number of amides is 1. The number of pyridine rings is 1. The van der Waals surface area contributed by atoms with E-state index in [9.17, 15) is 4.79 Å². The van der Waals surface area contributed by atoms with Gasteiger partial charge in [-0.15, -0.1) is 0 Å². The number of carbonyl (C=O) groups is 1. The van der Waals surface area contributed by atoms with E-state index >= 15 is 0 Å². The van der Waals surface area contributed by atoms with Gasteiger partial charge in [-0.3, -0.25) is 9.48 Å². The summed E-state index contributed by atoms with van der Waals surface area (Å²) in [5.74, 6) is 5.05. The predicted molar refractivity (Wildman–Crippen MR) is 77.2 cm³/mol. The summed E-state index contributed by atoms with van der Waals surface area (Å²) in [7, 11) is 3.53. The smallest absolute Gasteiger partial charge is 0.273 e. The number of aliphatic hydroxyl groups excluding tert-OH is 1. The van der Waals surface area contributed by atoms with E-state index in [1.54, 1.807) is 41.2 Å². The Morgan fingerprint density at radius 3 is 3.00 bits per heavy atom. The second-order valence-electron chi connectivity index (χ2n) is 4.54. The molecule has 0 saturated carbocycles. The summed E-state index contributed by atoms with van der Waals surface area (Å²) >= 11 is 0. The quantitative estimate of drug-likeness (QED) is 0.830. The van der Waals surface area contributed by atoms with E-state index in [1.165, 1.54) is 0 Å². The summed E-state index contributed by atoms with van der Waals surface area (Å²) in [5.41, 5.74) is 1.73. The van der Waals surface area contributed by atoms with Gasteiger partial charge in [0.15, 0.2) is 0 Å². The van der Waals surface area contributed by atoms with Gasteiger partial charge in [-0.1, -0.05) is 11.8 Å². The van der Waals surface area contributed by atoms with Crippen LogP contribution in [0.1, 0.15) is 21.6 Å². The zero-order valence-electron chi connectivity index (χ0n) is 11.9. The minimum absolute atomic E-state index is 0.221. The fourth-order valence-corrected chi connectivity index (χ4v) is 1.89. The van der Waals surface area contributed by atoms with Crippen molar-refractivity contribution >= 4 is 5.91 Å². The van der Waals surface area contributed by atoms with E-state index in [4.69, 9.17) is 5.11 Å². The Labute approximate surface area is 123 Å². The lowest BCUT2D eigenvalue weighted by Crippen LogP contribution is -2.27. The maximum absolute atomic E-state index is 12.4. The first kappa shape index (κ1) is 14.8. The summed E-state index contributed by atoms with van der Waals surface area (Å²) in [6, 6.07) is 3.42. The van der Waals surface area contributed by atoms with Gasteiger partial charge in [-0.2, -0.15) is 5.10 Å². The Kier molecular flexibility index (Phi) is 4.69. The summed E-state index contributed by atoms with van der Waals surface area (Å²) in [6.07, 6.45) is 5.12.